The number of hydrogen-bond donors (Lipinski definition) is 1. The van der Waals surface area contributed by atoms with Crippen LogP contribution in [-0.4, -0.2) is 56.0 Å². The predicted octanol–water partition coefficient (Wildman–Crippen LogP) is 0.108. The summed E-state index contributed by atoms with van der Waals surface area (Å²) in [4.78, 5) is 12.5. The van der Waals surface area contributed by atoms with E-state index in [1.807, 2.05) is 11.2 Å². The van der Waals surface area contributed by atoms with Crippen molar-refractivity contribution in [2.24, 2.45) is 0 Å². The lowest BCUT2D eigenvalue weighted by molar-refractivity contribution is -0.142. The van der Waals surface area contributed by atoms with Crippen LogP contribution in [0.5, 0.6) is 0 Å². The van der Waals surface area contributed by atoms with Crippen molar-refractivity contribution in [2.45, 2.75) is 26.3 Å². The summed E-state index contributed by atoms with van der Waals surface area (Å²) in [5.41, 5.74) is 0. The molecule has 0 aromatic heterocycles. The summed E-state index contributed by atoms with van der Waals surface area (Å²) < 4.78 is 13.6. The third-order valence-corrected chi connectivity index (χ3v) is 4.07. The second-order valence-electron chi connectivity index (χ2n) is 3.71. The van der Waals surface area contributed by atoms with E-state index < -0.39 is 23.0 Å². The maximum atomic E-state index is 11.7. The molecule has 0 amide bonds. The molecule has 1 saturated heterocycles. The molecule has 0 spiro atoms. The predicted molar refractivity (Wildman–Crippen MR) is 58.7 cm³/mol. The molecule has 0 radical (unpaired) electrons. The summed E-state index contributed by atoms with van der Waals surface area (Å²) in [5.74, 6) is -0.510. The molecular weight excluding hydrogens is 216 g/mol. The minimum atomic E-state index is -1.05. The number of carboxylic acid groups (broad SMARTS) is 1. The third-order valence-electron chi connectivity index (χ3n) is 2.58. The minimum absolute atomic E-state index is 0.341. The van der Waals surface area contributed by atoms with Crippen molar-refractivity contribution >= 4 is 17.0 Å². The van der Waals surface area contributed by atoms with Gasteiger partial charge < -0.3 is 5.11 Å². The molecule has 1 unspecified atom stereocenters. The summed E-state index contributed by atoms with van der Waals surface area (Å²) in [7, 11) is -1.05. The zero-order valence-electron chi connectivity index (χ0n) is 9.18. The molecular formula is C9H18N2O3S. The highest BCUT2D eigenvalue weighted by atomic mass is 32.2. The monoisotopic (exact) mass is 234 g/mol. The van der Waals surface area contributed by atoms with Gasteiger partial charge in [0.2, 0.25) is 0 Å². The average Bonchev–Trinajstić information content (AvgIpc) is 2.20. The summed E-state index contributed by atoms with van der Waals surface area (Å²) in [6.45, 7) is 5.87. The Bertz CT molecular complexity index is 260. The zero-order chi connectivity index (χ0) is 11.4. The second kappa shape index (κ2) is 5.58. The molecule has 15 heavy (non-hydrogen) atoms. The Balaban J connectivity index is 2.50. The van der Waals surface area contributed by atoms with Gasteiger partial charge in [-0.15, -0.1) is 0 Å². The van der Waals surface area contributed by atoms with Gasteiger partial charge in [0.05, 0.1) is 5.88 Å². The van der Waals surface area contributed by atoms with E-state index in [2.05, 4.69) is 0 Å². The summed E-state index contributed by atoms with van der Waals surface area (Å²) in [6.07, 6.45) is 0.972. The Morgan fingerprint density at radius 2 is 2.20 bits per heavy atom. The molecule has 1 fully saturated rings. The molecule has 1 rings (SSSR count). The lowest BCUT2D eigenvalue weighted by atomic mass is 10.3. The van der Waals surface area contributed by atoms with Crippen LogP contribution in [0.3, 0.4) is 0 Å². The van der Waals surface area contributed by atoms with Crippen LogP contribution in [0.25, 0.3) is 0 Å². The average molecular weight is 234 g/mol. The normalized spacial score (nSPS) is 26.4. The van der Waals surface area contributed by atoms with Gasteiger partial charge >= 0.3 is 5.97 Å². The molecule has 88 valence electrons. The van der Waals surface area contributed by atoms with E-state index in [0.717, 1.165) is 13.0 Å². The van der Waals surface area contributed by atoms with Crippen molar-refractivity contribution in [1.29, 1.82) is 0 Å². The van der Waals surface area contributed by atoms with Crippen molar-refractivity contribution in [1.82, 2.24) is 9.21 Å². The molecule has 2 atom stereocenters. The Hall–Kier alpha value is -0.460. The van der Waals surface area contributed by atoms with Gasteiger partial charge in [0, 0.05) is 19.6 Å². The lowest BCUT2D eigenvalue weighted by Crippen LogP contribution is -2.51. The van der Waals surface area contributed by atoms with E-state index in [-0.39, 0.29) is 0 Å². The van der Waals surface area contributed by atoms with E-state index in [1.165, 1.54) is 0 Å². The highest BCUT2D eigenvalue weighted by molar-refractivity contribution is 7.82. The van der Waals surface area contributed by atoms with Crippen molar-refractivity contribution in [2.75, 3.05) is 25.5 Å². The number of aliphatic carboxylic acids is 1. The molecule has 1 heterocycles. The highest BCUT2D eigenvalue weighted by Gasteiger charge is 2.28. The lowest BCUT2D eigenvalue weighted by Gasteiger charge is -2.35. The zero-order valence-corrected chi connectivity index (χ0v) is 10.00. The molecule has 5 nitrogen and oxygen atoms in total. The fourth-order valence-corrected chi connectivity index (χ4v) is 3.03. The van der Waals surface area contributed by atoms with Gasteiger partial charge in [-0.05, 0) is 13.3 Å². The molecule has 1 N–H and O–H groups in total. The SMILES string of the molecule is CCCN1CCN([C@H](C)C(=O)O)CS1=O. The van der Waals surface area contributed by atoms with E-state index >= 15 is 0 Å². The van der Waals surface area contributed by atoms with Crippen molar-refractivity contribution in [3.63, 3.8) is 0 Å². The molecule has 0 saturated carbocycles. The van der Waals surface area contributed by atoms with E-state index in [1.54, 1.807) is 11.8 Å². The van der Waals surface area contributed by atoms with Crippen LogP contribution in [0, 0.1) is 0 Å². The number of hydrogen-bond acceptors (Lipinski definition) is 3. The molecule has 1 aliphatic heterocycles. The van der Waals surface area contributed by atoms with Crippen LogP contribution >= 0.6 is 0 Å². The fourth-order valence-electron chi connectivity index (χ4n) is 1.55. The first-order chi connectivity index (χ1) is 7.06. The fraction of sp³-hybridized carbons (Fsp3) is 0.889. The molecule has 0 aromatic rings. The van der Waals surface area contributed by atoms with Gasteiger partial charge in [0.25, 0.3) is 0 Å². The quantitative estimate of drug-likeness (QED) is 0.750. The third kappa shape index (κ3) is 3.25. The van der Waals surface area contributed by atoms with Crippen molar-refractivity contribution in [3.8, 4) is 0 Å². The Labute approximate surface area is 92.6 Å². The second-order valence-corrected chi connectivity index (χ2v) is 5.12. The van der Waals surface area contributed by atoms with Crippen molar-refractivity contribution in [3.05, 3.63) is 0 Å². The topological polar surface area (TPSA) is 60.9 Å². The van der Waals surface area contributed by atoms with Gasteiger partial charge in [-0.25, -0.2) is 8.51 Å². The Kier molecular flexibility index (Phi) is 4.69. The molecule has 0 bridgehead atoms. The van der Waals surface area contributed by atoms with E-state index in [0.29, 0.717) is 19.0 Å². The van der Waals surface area contributed by atoms with Crippen LogP contribution in [-0.2, 0) is 15.8 Å². The van der Waals surface area contributed by atoms with Gasteiger partial charge in [-0.2, -0.15) is 0 Å². The van der Waals surface area contributed by atoms with Crippen LogP contribution in [0.2, 0.25) is 0 Å². The smallest absolute Gasteiger partial charge is 0.320 e. The number of carboxylic acids is 1. The van der Waals surface area contributed by atoms with Crippen LogP contribution < -0.4 is 0 Å². The number of carbonyl (C=O) groups is 1. The first-order valence-electron chi connectivity index (χ1n) is 5.16. The largest absolute Gasteiger partial charge is 0.480 e. The van der Waals surface area contributed by atoms with Crippen LogP contribution in [0.15, 0.2) is 0 Å². The van der Waals surface area contributed by atoms with E-state index in [4.69, 9.17) is 5.11 Å². The summed E-state index contributed by atoms with van der Waals surface area (Å²) >= 11 is 0. The first-order valence-corrected chi connectivity index (χ1v) is 6.44. The molecule has 0 aliphatic carbocycles. The van der Waals surface area contributed by atoms with E-state index in [9.17, 15) is 9.00 Å². The van der Waals surface area contributed by atoms with Gasteiger partial charge in [0.15, 0.2) is 0 Å². The summed E-state index contributed by atoms with van der Waals surface area (Å²) in [5, 5.41) is 8.84. The minimum Gasteiger partial charge on any atom is -0.480 e. The molecule has 6 heteroatoms. The van der Waals surface area contributed by atoms with Crippen LogP contribution in [0.1, 0.15) is 20.3 Å². The Morgan fingerprint density at radius 3 is 2.67 bits per heavy atom. The maximum absolute atomic E-state index is 11.7. The van der Waals surface area contributed by atoms with Gasteiger partial charge in [-0.3, -0.25) is 9.69 Å². The number of rotatable bonds is 4. The standard InChI is InChI=1S/C9H18N2O3S/c1-3-4-11-6-5-10(7-15(11)14)8(2)9(12)13/h8H,3-7H2,1-2H3,(H,12,13)/t8-,15?/m1/s1. The maximum Gasteiger partial charge on any atom is 0.320 e. The first kappa shape index (κ1) is 12.6. The van der Waals surface area contributed by atoms with Crippen LogP contribution in [0.4, 0.5) is 0 Å². The molecule has 1 aliphatic rings. The van der Waals surface area contributed by atoms with Gasteiger partial charge in [-0.1, -0.05) is 6.92 Å². The summed E-state index contributed by atoms with van der Waals surface area (Å²) in [6, 6.07) is -0.544. The van der Waals surface area contributed by atoms with Crippen molar-refractivity contribution < 1.29 is 14.1 Å². The Morgan fingerprint density at radius 1 is 1.53 bits per heavy atom. The molecule has 0 aromatic carbocycles. The van der Waals surface area contributed by atoms with Gasteiger partial charge in [0.1, 0.15) is 17.0 Å². The highest BCUT2D eigenvalue weighted by Crippen LogP contribution is 2.11. The number of nitrogens with zero attached hydrogens (tertiary/aromatic N) is 2.